The molecule has 1 aromatic carbocycles. The molecule has 2 N–H and O–H groups in total. The van der Waals surface area contributed by atoms with Crippen molar-refractivity contribution in [3.63, 3.8) is 0 Å². The van der Waals surface area contributed by atoms with Gasteiger partial charge in [0.15, 0.2) is 0 Å². The Labute approximate surface area is 108 Å². The minimum absolute atomic E-state index is 0.0310. The standard InChI is InChI=1S/C15H21NO2/c1-11(14(16)12-6-3-2-4-7-12)15(17)13-8-5-9-18-10-13/h2-4,6-7,11,13-14H,5,8-10,16H2,1H3. The van der Waals surface area contributed by atoms with Gasteiger partial charge >= 0.3 is 0 Å². The Kier molecular flexibility index (Phi) is 4.50. The molecule has 3 heteroatoms. The van der Waals surface area contributed by atoms with Gasteiger partial charge in [0.1, 0.15) is 5.78 Å². The Hall–Kier alpha value is -1.19. The van der Waals surface area contributed by atoms with Gasteiger partial charge < -0.3 is 10.5 Å². The second-order valence-electron chi connectivity index (χ2n) is 5.04. The van der Waals surface area contributed by atoms with Crippen LogP contribution in [0.2, 0.25) is 0 Å². The first-order chi connectivity index (χ1) is 8.70. The molecular weight excluding hydrogens is 226 g/mol. The fourth-order valence-corrected chi connectivity index (χ4v) is 2.48. The minimum atomic E-state index is -0.222. The van der Waals surface area contributed by atoms with Crippen LogP contribution in [0.25, 0.3) is 0 Å². The first-order valence-corrected chi connectivity index (χ1v) is 6.62. The van der Waals surface area contributed by atoms with Crippen molar-refractivity contribution in [1.29, 1.82) is 0 Å². The van der Waals surface area contributed by atoms with Gasteiger partial charge in [-0.2, -0.15) is 0 Å². The first kappa shape index (κ1) is 13.2. The number of Topliss-reactive ketones (excluding diaryl/α,β-unsaturated/α-hetero) is 1. The van der Waals surface area contributed by atoms with Crippen molar-refractivity contribution in [3.8, 4) is 0 Å². The highest BCUT2D eigenvalue weighted by atomic mass is 16.5. The topological polar surface area (TPSA) is 52.3 Å². The number of ketones is 1. The average Bonchev–Trinajstić information content (AvgIpc) is 2.47. The summed E-state index contributed by atoms with van der Waals surface area (Å²) in [5.41, 5.74) is 7.21. The lowest BCUT2D eigenvalue weighted by molar-refractivity contribution is -0.131. The smallest absolute Gasteiger partial charge is 0.142 e. The third-order valence-corrected chi connectivity index (χ3v) is 3.73. The van der Waals surface area contributed by atoms with Crippen molar-refractivity contribution >= 4 is 5.78 Å². The molecule has 0 radical (unpaired) electrons. The number of hydrogen-bond donors (Lipinski definition) is 1. The zero-order chi connectivity index (χ0) is 13.0. The summed E-state index contributed by atoms with van der Waals surface area (Å²) < 4.78 is 5.38. The number of carbonyl (C=O) groups excluding carboxylic acids is 1. The van der Waals surface area contributed by atoms with Crippen LogP contribution in [0, 0.1) is 11.8 Å². The highest BCUT2D eigenvalue weighted by molar-refractivity contribution is 5.84. The molecule has 0 aromatic heterocycles. The average molecular weight is 247 g/mol. The van der Waals surface area contributed by atoms with E-state index in [0.29, 0.717) is 6.61 Å². The van der Waals surface area contributed by atoms with Crippen molar-refractivity contribution in [2.45, 2.75) is 25.8 Å². The first-order valence-electron chi connectivity index (χ1n) is 6.62. The van der Waals surface area contributed by atoms with E-state index in [1.54, 1.807) is 0 Å². The van der Waals surface area contributed by atoms with Crippen LogP contribution < -0.4 is 5.73 Å². The fraction of sp³-hybridized carbons (Fsp3) is 0.533. The molecule has 1 heterocycles. The molecule has 0 amide bonds. The molecule has 0 saturated carbocycles. The van der Waals surface area contributed by atoms with E-state index >= 15 is 0 Å². The summed E-state index contributed by atoms with van der Waals surface area (Å²) in [7, 11) is 0. The quantitative estimate of drug-likeness (QED) is 0.888. The number of benzene rings is 1. The second-order valence-corrected chi connectivity index (χ2v) is 5.04. The molecule has 0 aliphatic carbocycles. The van der Waals surface area contributed by atoms with E-state index in [1.807, 2.05) is 37.3 Å². The number of carbonyl (C=O) groups is 1. The molecular formula is C15H21NO2. The van der Waals surface area contributed by atoms with E-state index in [0.717, 1.165) is 25.0 Å². The predicted octanol–water partition coefficient (Wildman–Crippen LogP) is 2.32. The van der Waals surface area contributed by atoms with Gasteiger partial charge in [-0.15, -0.1) is 0 Å². The third kappa shape index (κ3) is 2.98. The fourth-order valence-electron chi connectivity index (χ4n) is 2.48. The van der Waals surface area contributed by atoms with Gasteiger partial charge in [-0.1, -0.05) is 37.3 Å². The number of nitrogens with two attached hydrogens (primary N) is 1. The number of ether oxygens (including phenoxy) is 1. The molecule has 3 atom stereocenters. The van der Waals surface area contributed by atoms with Gasteiger partial charge in [-0.05, 0) is 18.4 Å². The van der Waals surface area contributed by atoms with E-state index in [4.69, 9.17) is 10.5 Å². The summed E-state index contributed by atoms with van der Waals surface area (Å²) in [5.74, 6) is 0.119. The molecule has 3 nitrogen and oxygen atoms in total. The van der Waals surface area contributed by atoms with Gasteiger partial charge in [0.05, 0.1) is 6.61 Å². The Balaban J connectivity index is 2.01. The van der Waals surface area contributed by atoms with Crippen LogP contribution in [0.1, 0.15) is 31.4 Å². The Bertz CT molecular complexity index is 385. The third-order valence-electron chi connectivity index (χ3n) is 3.73. The Morgan fingerprint density at radius 2 is 2.11 bits per heavy atom. The van der Waals surface area contributed by atoms with Crippen LogP contribution in [0.15, 0.2) is 30.3 Å². The molecule has 1 fully saturated rings. The zero-order valence-corrected chi connectivity index (χ0v) is 10.8. The summed E-state index contributed by atoms with van der Waals surface area (Å²) >= 11 is 0. The van der Waals surface area contributed by atoms with Crippen LogP contribution >= 0.6 is 0 Å². The van der Waals surface area contributed by atoms with E-state index in [9.17, 15) is 4.79 Å². The molecule has 3 unspecified atom stereocenters. The summed E-state index contributed by atoms with van der Waals surface area (Å²) in [4.78, 5) is 12.4. The maximum Gasteiger partial charge on any atom is 0.142 e. The van der Waals surface area contributed by atoms with Crippen molar-refractivity contribution in [2.24, 2.45) is 17.6 Å². The van der Waals surface area contributed by atoms with Crippen LogP contribution in [-0.4, -0.2) is 19.0 Å². The lowest BCUT2D eigenvalue weighted by Crippen LogP contribution is -2.34. The highest BCUT2D eigenvalue weighted by Crippen LogP contribution is 2.25. The largest absolute Gasteiger partial charge is 0.381 e. The number of hydrogen-bond acceptors (Lipinski definition) is 3. The van der Waals surface area contributed by atoms with Gasteiger partial charge in [0, 0.05) is 24.5 Å². The summed E-state index contributed by atoms with van der Waals surface area (Å²) in [6.07, 6.45) is 1.91. The normalized spacial score (nSPS) is 23.3. The Morgan fingerprint density at radius 1 is 1.39 bits per heavy atom. The van der Waals surface area contributed by atoms with E-state index in [2.05, 4.69) is 0 Å². The van der Waals surface area contributed by atoms with Gasteiger partial charge in [0.25, 0.3) is 0 Å². The Morgan fingerprint density at radius 3 is 2.72 bits per heavy atom. The maximum absolute atomic E-state index is 12.4. The molecule has 0 bridgehead atoms. The van der Waals surface area contributed by atoms with Crippen molar-refractivity contribution in [2.75, 3.05) is 13.2 Å². The molecule has 98 valence electrons. The van der Waals surface area contributed by atoms with Crippen LogP contribution in [-0.2, 0) is 9.53 Å². The number of rotatable bonds is 4. The van der Waals surface area contributed by atoms with Crippen LogP contribution in [0.3, 0.4) is 0 Å². The van der Waals surface area contributed by atoms with Crippen molar-refractivity contribution in [3.05, 3.63) is 35.9 Å². The molecule has 1 saturated heterocycles. The van der Waals surface area contributed by atoms with Crippen molar-refractivity contribution < 1.29 is 9.53 Å². The lowest BCUT2D eigenvalue weighted by atomic mass is 9.84. The van der Waals surface area contributed by atoms with E-state index in [-0.39, 0.29) is 23.7 Å². The molecule has 18 heavy (non-hydrogen) atoms. The molecule has 1 aliphatic heterocycles. The molecule has 2 rings (SSSR count). The summed E-state index contributed by atoms with van der Waals surface area (Å²) in [6.45, 7) is 3.27. The van der Waals surface area contributed by atoms with Gasteiger partial charge in [-0.25, -0.2) is 0 Å². The predicted molar refractivity (Wildman–Crippen MR) is 71.1 cm³/mol. The zero-order valence-electron chi connectivity index (χ0n) is 10.8. The molecule has 1 aromatic rings. The molecule has 0 spiro atoms. The monoisotopic (exact) mass is 247 g/mol. The minimum Gasteiger partial charge on any atom is -0.381 e. The van der Waals surface area contributed by atoms with Crippen molar-refractivity contribution in [1.82, 2.24) is 0 Å². The van der Waals surface area contributed by atoms with Crippen LogP contribution in [0.5, 0.6) is 0 Å². The summed E-state index contributed by atoms with van der Waals surface area (Å²) in [6, 6.07) is 9.60. The van der Waals surface area contributed by atoms with E-state index in [1.165, 1.54) is 0 Å². The maximum atomic E-state index is 12.4. The summed E-state index contributed by atoms with van der Waals surface area (Å²) in [5, 5.41) is 0. The van der Waals surface area contributed by atoms with Gasteiger partial charge in [-0.3, -0.25) is 4.79 Å². The van der Waals surface area contributed by atoms with Crippen LogP contribution in [0.4, 0.5) is 0 Å². The second kappa shape index (κ2) is 6.12. The SMILES string of the molecule is CC(C(=O)C1CCCOC1)C(N)c1ccccc1. The van der Waals surface area contributed by atoms with Gasteiger partial charge in [0.2, 0.25) is 0 Å². The molecule has 1 aliphatic rings. The lowest BCUT2D eigenvalue weighted by Gasteiger charge is -2.26. The highest BCUT2D eigenvalue weighted by Gasteiger charge is 2.29. The van der Waals surface area contributed by atoms with E-state index < -0.39 is 0 Å².